The van der Waals surface area contributed by atoms with Crippen LogP contribution in [0.4, 0.5) is 4.39 Å². The minimum atomic E-state index is -1.24. The molecule has 0 bridgehead atoms. The van der Waals surface area contributed by atoms with Crippen molar-refractivity contribution < 1.29 is 23.6 Å². The van der Waals surface area contributed by atoms with Crippen molar-refractivity contribution in [2.24, 2.45) is 11.1 Å². The lowest BCUT2D eigenvalue weighted by Gasteiger charge is -2.29. The number of nitrogens with one attached hydrogen (secondary N) is 1. The Bertz CT molecular complexity index is 941. The van der Waals surface area contributed by atoms with Gasteiger partial charge in [-0.2, -0.15) is 0 Å². The quantitative estimate of drug-likeness (QED) is 0.721. The van der Waals surface area contributed by atoms with Crippen molar-refractivity contribution in [1.82, 2.24) is 10.3 Å². The molecule has 7 nitrogen and oxygen atoms in total. The largest absolute Gasteiger partial charge is 0.458 e. The molecule has 0 saturated heterocycles. The molecule has 0 radical (unpaired) electrons. The lowest BCUT2D eigenvalue weighted by Crippen LogP contribution is -2.52. The summed E-state index contributed by atoms with van der Waals surface area (Å²) in [6.45, 7) is 3.86. The van der Waals surface area contributed by atoms with Gasteiger partial charge in [0.25, 0.3) is 5.91 Å². The molecule has 2 unspecified atom stereocenters. The van der Waals surface area contributed by atoms with E-state index in [0.717, 1.165) is 10.8 Å². The minimum Gasteiger partial charge on any atom is -0.458 e. The maximum atomic E-state index is 13.0. The molecule has 2 aromatic rings. The number of carbonyl (C=O) groups is 2. The molecule has 1 aromatic carbocycles. The Kier molecular flexibility index (Phi) is 6.10. The summed E-state index contributed by atoms with van der Waals surface area (Å²) in [5.41, 5.74) is -0.00180. The van der Waals surface area contributed by atoms with Crippen LogP contribution in [0.5, 0.6) is 0 Å². The molecule has 0 saturated carbocycles. The topological polar surface area (TPSA) is 89.9 Å². The average molecular weight is 401 g/mol. The lowest BCUT2D eigenvalue weighted by molar-refractivity contribution is -0.153. The van der Waals surface area contributed by atoms with Crippen molar-refractivity contribution in [1.29, 1.82) is 0 Å². The first-order valence-electron chi connectivity index (χ1n) is 9.48. The van der Waals surface area contributed by atoms with Crippen LogP contribution in [-0.4, -0.2) is 47.5 Å². The highest BCUT2D eigenvalue weighted by atomic mass is 19.1. The SMILES string of the molecule is CC(=O)OC(CF)CNC(=O)C1(C(C)C)CC(c2nccc3ccccc23)=NO1. The van der Waals surface area contributed by atoms with Gasteiger partial charge in [-0.25, -0.2) is 4.39 Å². The van der Waals surface area contributed by atoms with Gasteiger partial charge in [0.1, 0.15) is 18.5 Å². The molecule has 154 valence electrons. The number of ether oxygens (including phenoxy) is 1. The van der Waals surface area contributed by atoms with E-state index >= 15 is 0 Å². The van der Waals surface area contributed by atoms with Crippen LogP contribution in [0, 0.1) is 5.92 Å². The summed E-state index contributed by atoms with van der Waals surface area (Å²) in [6.07, 6.45) is 0.883. The summed E-state index contributed by atoms with van der Waals surface area (Å²) in [5.74, 6) is -1.25. The molecular weight excluding hydrogens is 377 g/mol. The van der Waals surface area contributed by atoms with Crippen molar-refractivity contribution >= 4 is 28.4 Å². The molecule has 0 fully saturated rings. The number of pyridine rings is 1. The standard InChI is InChI=1S/C21H24FN3O4/c1-13(2)21(20(27)24-12-16(11-22)28-14(3)26)10-18(25-29-21)19-17-7-5-4-6-15(17)8-9-23-19/h4-9,13,16H,10-12H2,1-3H3,(H,24,27). The highest BCUT2D eigenvalue weighted by Gasteiger charge is 2.50. The van der Waals surface area contributed by atoms with Crippen molar-refractivity contribution in [2.75, 3.05) is 13.2 Å². The zero-order valence-corrected chi connectivity index (χ0v) is 16.6. The number of aromatic nitrogens is 1. The molecule has 1 aliphatic rings. The van der Waals surface area contributed by atoms with Gasteiger partial charge in [-0.05, 0) is 11.5 Å². The highest BCUT2D eigenvalue weighted by molar-refractivity contribution is 6.11. The summed E-state index contributed by atoms with van der Waals surface area (Å²) in [4.78, 5) is 34.1. The van der Waals surface area contributed by atoms with Gasteiger partial charge in [-0.1, -0.05) is 43.3 Å². The number of carbonyl (C=O) groups excluding carboxylic acids is 2. The summed E-state index contributed by atoms with van der Waals surface area (Å²) in [5, 5.41) is 8.75. The van der Waals surface area contributed by atoms with Crippen LogP contribution >= 0.6 is 0 Å². The second-order valence-corrected chi connectivity index (χ2v) is 7.33. The number of rotatable bonds is 7. The van der Waals surface area contributed by atoms with Gasteiger partial charge >= 0.3 is 5.97 Å². The van der Waals surface area contributed by atoms with E-state index in [-0.39, 0.29) is 18.9 Å². The van der Waals surface area contributed by atoms with Gasteiger partial charge < -0.3 is 14.9 Å². The summed E-state index contributed by atoms with van der Waals surface area (Å²) in [7, 11) is 0. The third-order valence-corrected chi connectivity index (χ3v) is 5.01. The molecule has 2 atom stereocenters. The number of oxime groups is 1. The first kappa shape index (κ1) is 20.7. The van der Waals surface area contributed by atoms with E-state index in [0.29, 0.717) is 11.4 Å². The van der Waals surface area contributed by atoms with Gasteiger partial charge in [-0.15, -0.1) is 0 Å². The van der Waals surface area contributed by atoms with E-state index in [1.807, 2.05) is 44.2 Å². The molecule has 2 heterocycles. The van der Waals surface area contributed by atoms with E-state index in [1.165, 1.54) is 6.92 Å². The molecule has 0 spiro atoms. The molecule has 1 aromatic heterocycles. The summed E-state index contributed by atoms with van der Waals surface area (Å²) < 4.78 is 17.9. The van der Waals surface area contributed by atoms with Crippen LogP contribution < -0.4 is 5.32 Å². The third-order valence-electron chi connectivity index (χ3n) is 5.01. The number of alkyl halides is 1. The number of halogens is 1. The van der Waals surface area contributed by atoms with Crippen molar-refractivity contribution in [2.45, 2.75) is 38.9 Å². The first-order valence-corrected chi connectivity index (χ1v) is 9.48. The normalized spacial score (nSPS) is 19.6. The average Bonchev–Trinajstić information content (AvgIpc) is 3.17. The molecule has 0 aliphatic carbocycles. The Hall–Kier alpha value is -3.03. The minimum absolute atomic E-state index is 0.144. The van der Waals surface area contributed by atoms with Gasteiger partial charge in [0, 0.05) is 30.8 Å². The first-order chi connectivity index (χ1) is 13.9. The smallest absolute Gasteiger partial charge is 0.303 e. The van der Waals surface area contributed by atoms with Crippen molar-refractivity contribution in [3.8, 4) is 0 Å². The Morgan fingerprint density at radius 3 is 2.76 bits per heavy atom. The zero-order valence-electron chi connectivity index (χ0n) is 16.6. The van der Waals surface area contributed by atoms with Crippen LogP contribution in [0.15, 0.2) is 41.7 Å². The molecule has 29 heavy (non-hydrogen) atoms. The third kappa shape index (κ3) is 4.21. The second-order valence-electron chi connectivity index (χ2n) is 7.33. The zero-order chi connectivity index (χ0) is 21.0. The molecule has 1 amide bonds. The van der Waals surface area contributed by atoms with E-state index in [4.69, 9.17) is 9.57 Å². The van der Waals surface area contributed by atoms with E-state index in [1.54, 1.807) is 6.20 Å². The number of hydrogen-bond donors (Lipinski definition) is 1. The second kappa shape index (κ2) is 8.55. The molecular formula is C21H24FN3O4. The fourth-order valence-corrected chi connectivity index (χ4v) is 3.34. The van der Waals surface area contributed by atoms with Gasteiger partial charge in [-0.3, -0.25) is 14.6 Å². The number of esters is 1. The Labute approximate surface area is 168 Å². The van der Waals surface area contributed by atoms with Gasteiger partial charge in [0.05, 0.1) is 12.2 Å². The Morgan fingerprint density at radius 2 is 2.07 bits per heavy atom. The maximum absolute atomic E-state index is 13.0. The van der Waals surface area contributed by atoms with Crippen LogP contribution in [0.3, 0.4) is 0 Å². The maximum Gasteiger partial charge on any atom is 0.303 e. The van der Waals surface area contributed by atoms with Crippen molar-refractivity contribution in [3.63, 3.8) is 0 Å². The molecule has 1 aliphatic heterocycles. The lowest BCUT2D eigenvalue weighted by atomic mass is 9.84. The van der Waals surface area contributed by atoms with Crippen molar-refractivity contribution in [3.05, 3.63) is 42.2 Å². The number of benzene rings is 1. The number of hydrogen-bond acceptors (Lipinski definition) is 6. The van der Waals surface area contributed by atoms with E-state index in [2.05, 4.69) is 15.5 Å². The summed E-state index contributed by atoms with van der Waals surface area (Å²) in [6, 6.07) is 9.68. The van der Waals surface area contributed by atoms with E-state index in [9.17, 15) is 14.0 Å². The monoisotopic (exact) mass is 401 g/mol. The molecule has 1 N–H and O–H groups in total. The van der Waals surface area contributed by atoms with Crippen LogP contribution in [0.1, 0.15) is 32.9 Å². The Morgan fingerprint density at radius 1 is 1.31 bits per heavy atom. The van der Waals surface area contributed by atoms with Gasteiger partial charge in [0.15, 0.2) is 0 Å². The number of fused-ring (bicyclic) bond motifs is 1. The highest BCUT2D eigenvalue weighted by Crippen LogP contribution is 2.35. The van der Waals surface area contributed by atoms with Crippen LogP contribution in [-0.2, 0) is 19.2 Å². The fourth-order valence-electron chi connectivity index (χ4n) is 3.34. The number of amides is 1. The number of nitrogens with zero attached hydrogens (tertiary/aromatic N) is 2. The fraction of sp³-hybridized carbons (Fsp3) is 0.429. The molecule has 3 rings (SSSR count). The summed E-state index contributed by atoms with van der Waals surface area (Å²) >= 11 is 0. The molecule has 8 heteroatoms. The predicted octanol–water partition coefficient (Wildman–Crippen LogP) is 2.77. The van der Waals surface area contributed by atoms with E-state index < -0.39 is 30.3 Å². The predicted molar refractivity (Wildman–Crippen MR) is 106 cm³/mol. The Balaban J connectivity index is 1.79. The van der Waals surface area contributed by atoms with Crippen LogP contribution in [0.25, 0.3) is 10.8 Å². The van der Waals surface area contributed by atoms with Crippen LogP contribution in [0.2, 0.25) is 0 Å². The van der Waals surface area contributed by atoms with Gasteiger partial charge in [0.2, 0.25) is 5.60 Å².